The Bertz CT molecular complexity index is 445. The average molecular weight is 238 g/mol. The van der Waals surface area contributed by atoms with Gasteiger partial charge in [-0.2, -0.15) is 0 Å². The Morgan fingerprint density at radius 3 is 2.88 bits per heavy atom. The van der Waals surface area contributed by atoms with E-state index in [1.54, 1.807) is 13.1 Å². The van der Waals surface area contributed by atoms with Crippen molar-refractivity contribution in [1.29, 1.82) is 0 Å². The Hall–Kier alpha value is -2.31. The van der Waals surface area contributed by atoms with Crippen LogP contribution in [0.1, 0.15) is 5.56 Å². The van der Waals surface area contributed by atoms with E-state index in [0.717, 1.165) is 0 Å². The number of nitrogens with two attached hydrogens (primary N) is 1. The van der Waals surface area contributed by atoms with Crippen LogP contribution in [0.5, 0.6) is 5.75 Å². The van der Waals surface area contributed by atoms with Crippen molar-refractivity contribution < 1.29 is 9.66 Å². The maximum Gasteiger partial charge on any atom is 0.270 e. The van der Waals surface area contributed by atoms with Gasteiger partial charge in [0.15, 0.2) is 5.96 Å². The Morgan fingerprint density at radius 2 is 2.35 bits per heavy atom. The molecule has 0 aliphatic carbocycles. The van der Waals surface area contributed by atoms with Gasteiger partial charge in [-0.05, 0) is 6.07 Å². The van der Waals surface area contributed by atoms with E-state index in [4.69, 9.17) is 10.5 Å². The fourth-order valence-electron chi connectivity index (χ4n) is 1.28. The molecule has 0 heterocycles. The van der Waals surface area contributed by atoms with Gasteiger partial charge < -0.3 is 15.8 Å². The number of rotatable bonds is 4. The van der Waals surface area contributed by atoms with Crippen LogP contribution in [-0.4, -0.2) is 25.0 Å². The maximum absolute atomic E-state index is 10.6. The quantitative estimate of drug-likeness (QED) is 0.347. The first-order chi connectivity index (χ1) is 8.08. The summed E-state index contributed by atoms with van der Waals surface area (Å²) in [4.78, 5) is 13.9. The molecule has 0 saturated carbocycles. The molecule has 0 amide bonds. The molecule has 0 atom stereocenters. The lowest BCUT2D eigenvalue weighted by atomic mass is 10.2. The van der Waals surface area contributed by atoms with Gasteiger partial charge >= 0.3 is 0 Å². The number of guanidine groups is 1. The lowest BCUT2D eigenvalue weighted by molar-refractivity contribution is -0.384. The first-order valence-electron chi connectivity index (χ1n) is 4.86. The van der Waals surface area contributed by atoms with Crippen molar-refractivity contribution in [2.24, 2.45) is 10.7 Å². The van der Waals surface area contributed by atoms with Crippen LogP contribution in [0.2, 0.25) is 0 Å². The third kappa shape index (κ3) is 3.33. The second-order valence-electron chi connectivity index (χ2n) is 3.22. The highest BCUT2D eigenvalue weighted by atomic mass is 16.6. The third-order valence-electron chi connectivity index (χ3n) is 2.18. The van der Waals surface area contributed by atoms with Crippen molar-refractivity contribution in [2.75, 3.05) is 14.2 Å². The van der Waals surface area contributed by atoms with E-state index in [1.165, 1.54) is 19.2 Å². The molecule has 7 nitrogen and oxygen atoms in total. The molecule has 92 valence electrons. The molecule has 0 fully saturated rings. The SMILES string of the molecule is CN=C(N)NCc1cc([N+](=O)[O-])ccc1OC. The largest absolute Gasteiger partial charge is 0.496 e. The first-order valence-corrected chi connectivity index (χ1v) is 4.86. The van der Waals surface area contributed by atoms with Crippen molar-refractivity contribution in [1.82, 2.24) is 5.32 Å². The van der Waals surface area contributed by atoms with E-state index in [-0.39, 0.29) is 11.6 Å². The molecule has 0 spiro atoms. The zero-order valence-electron chi connectivity index (χ0n) is 9.64. The van der Waals surface area contributed by atoms with Crippen LogP contribution < -0.4 is 15.8 Å². The third-order valence-corrected chi connectivity index (χ3v) is 2.18. The van der Waals surface area contributed by atoms with Gasteiger partial charge in [0, 0.05) is 31.3 Å². The summed E-state index contributed by atoms with van der Waals surface area (Å²) in [6.45, 7) is 0.314. The van der Waals surface area contributed by atoms with Crippen molar-refractivity contribution in [2.45, 2.75) is 6.54 Å². The minimum absolute atomic E-state index is 0.00890. The molecule has 0 aliphatic heterocycles. The Morgan fingerprint density at radius 1 is 1.65 bits per heavy atom. The van der Waals surface area contributed by atoms with Gasteiger partial charge in [-0.3, -0.25) is 15.1 Å². The number of hydrogen-bond donors (Lipinski definition) is 2. The van der Waals surface area contributed by atoms with E-state index >= 15 is 0 Å². The van der Waals surface area contributed by atoms with Crippen molar-refractivity contribution in [3.63, 3.8) is 0 Å². The predicted octanol–water partition coefficient (Wildman–Crippen LogP) is 0.637. The second-order valence-corrected chi connectivity index (χ2v) is 3.22. The zero-order chi connectivity index (χ0) is 12.8. The number of hydrogen-bond acceptors (Lipinski definition) is 4. The van der Waals surface area contributed by atoms with Gasteiger partial charge in [0.05, 0.1) is 12.0 Å². The average Bonchev–Trinajstić information content (AvgIpc) is 2.35. The molecule has 1 aromatic carbocycles. The summed E-state index contributed by atoms with van der Waals surface area (Å²) < 4.78 is 5.10. The standard InChI is InChI=1S/C10H14N4O3/c1-12-10(11)13-6-7-5-8(14(15)16)3-4-9(7)17-2/h3-5H,6H2,1-2H3,(H3,11,12,13). The number of nitro benzene ring substituents is 1. The molecule has 1 aromatic rings. The number of ether oxygens (including phenoxy) is 1. The Balaban J connectivity index is 2.94. The summed E-state index contributed by atoms with van der Waals surface area (Å²) in [5.41, 5.74) is 6.13. The van der Waals surface area contributed by atoms with Crippen LogP contribution in [0.25, 0.3) is 0 Å². The van der Waals surface area contributed by atoms with Gasteiger partial charge in [0.2, 0.25) is 0 Å². The molecule has 17 heavy (non-hydrogen) atoms. The monoisotopic (exact) mass is 238 g/mol. The molecular weight excluding hydrogens is 224 g/mol. The van der Waals surface area contributed by atoms with Gasteiger partial charge in [-0.1, -0.05) is 0 Å². The highest BCUT2D eigenvalue weighted by molar-refractivity contribution is 5.77. The second kappa shape index (κ2) is 5.69. The molecule has 0 aromatic heterocycles. The molecule has 0 saturated heterocycles. The Labute approximate surface area is 98.4 Å². The summed E-state index contributed by atoms with van der Waals surface area (Å²) >= 11 is 0. The highest BCUT2D eigenvalue weighted by Gasteiger charge is 2.11. The number of nitro groups is 1. The lowest BCUT2D eigenvalue weighted by Gasteiger charge is -2.09. The normalized spacial score (nSPS) is 11.1. The van der Waals surface area contributed by atoms with Crippen molar-refractivity contribution >= 4 is 11.6 Å². The molecule has 7 heteroatoms. The minimum atomic E-state index is -0.458. The summed E-state index contributed by atoms with van der Waals surface area (Å²) in [6, 6.07) is 4.38. The summed E-state index contributed by atoms with van der Waals surface area (Å²) in [7, 11) is 3.05. The van der Waals surface area contributed by atoms with Gasteiger partial charge in [-0.25, -0.2) is 0 Å². The number of non-ortho nitro benzene ring substituents is 1. The van der Waals surface area contributed by atoms with Crippen LogP contribution in [0.3, 0.4) is 0 Å². The number of benzene rings is 1. The fourth-order valence-corrected chi connectivity index (χ4v) is 1.28. The van der Waals surface area contributed by atoms with E-state index in [9.17, 15) is 10.1 Å². The number of nitrogens with zero attached hydrogens (tertiary/aromatic N) is 2. The fraction of sp³-hybridized carbons (Fsp3) is 0.300. The van der Waals surface area contributed by atoms with Crippen LogP contribution in [-0.2, 0) is 6.54 Å². The zero-order valence-corrected chi connectivity index (χ0v) is 9.64. The Kier molecular flexibility index (Phi) is 4.27. The summed E-state index contributed by atoms with van der Waals surface area (Å²) in [5.74, 6) is 0.825. The number of aliphatic imine (C=N–C) groups is 1. The molecule has 0 unspecified atom stereocenters. The lowest BCUT2D eigenvalue weighted by Crippen LogP contribution is -2.30. The minimum Gasteiger partial charge on any atom is -0.496 e. The first kappa shape index (κ1) is 12.8. The number of nitrogens with one attached hydrogen (secondary N) is 1. The van der Waals surface area contributed by atoms with Crippen molar-refractivity contribution in [3.05, 3.63) is 33.9 Å². The predicted molar refractivity (Wildman–Crippen MR) is 64.0 cm³/mol. The van der Waals surface area contributed by atoms with Gasteiger partial charge in [0.25, 0.3) is 5.69 Å². The van der Waals surface area contributed by atoms with Gasteiger partial charge in [0.1, 0.15) is 5.75 Å². The molecule has 0 aliphatic rings. The highest BCUT2D eigenvalue weighted by Crippen LogP contribution is 2.23. The van der Waals surface area contributed by atoms with Crippen LogP contribution in [0.4, 0.5) is 5.69 Å². The van der Waals surface area contributed by atoms with E-state index in [1.807, 2.05) is 0 Å². The van der Waals surface area contributed by atoms with Crippen LogP contribution in [0.15, 0.2) is 23.2 Å². The van der Waals surface area contributed by atoms with E-state index in [0.29, 0.717) is 17.9 Å². The molecular formula is C10H14N4O3. The van der Waals surface area contributed by atoms with Crippen LogP contribution >= 0.6 is 0 Å². The number of methoxy groups -OCH3 is 1. The molecule has 3 N–H and O–H groups in total. The topological polar surface area (TPSA) is 103 Å². The maximum atomic E-state index is 10.6. The molecule has 0 radical (unpaired) electrons. The molecule has 0 bridgehead atoms. The summed E-state index contributed by atoms with van der Waals surface area (Å²) in [6.07, 6.45) is 0. The summed E-state index contributed by atoms with van der Waals surface area (Å²) in [5, 5.41) is 13.5. The van der Waals surface area contributed by atoms with Crippen LogP contribution in [0, 0.1) is 10.1 Å². The van der Waals surface area contributed by atoms with Gasteiger partial charge in [-0.15, -0.1) is 0 Å². The molecule has 1 rings (SSSR count). The van der Waals surface area contributed by atoms with Crippen molar-refractivity contribution in [3.8, 4) is 5.75 Å². The van der Waals surface area contributed by atoms with E-state index in [2.05, 4.69) is 10.3 Å². The van der Waals surface area contributed by atoms with E-state index < -0.39 is 4.92 Å². The smallest absolute Gasteiger partial charge is 0.270 e.